The molecule has 6 heteroatoms. The summed E-state index contributed by atoms with van der Waals surface area (Å²) < 4.78 is 19.6. The van der Waals surface area contributed by atoms with Crippen LogP contribution in [0.5, 0.6) is 0 Å². The fourth-order valence-electron chi connectivity index (χ4n) is 0.0752. The predicted molar refractivity (Wildman–Crippen MR) is 38.2 cm³/mol. The van der Waals surface area contributed by atoms with E-state index in [-0.39, 0.29) is 5.88 Å². The van der Waals surface area contributed by atoms with E-state index in [1.54, 1.807) is 0 Å². The van der Waals surface area contributed by atoms with Gasteiger partial charge in [0, 0.05) is 10.7 Å². The van der Waals surface area contributed by atoms with Crippen molar-refractivity contribution in [3.63, 3.8) is 0 Å². The number of halogens is 3. The first-order chi connectivity index (χ1) is 3.48. The molecule has 0 aromatic heterocycles. The van der Waals surface area contributed by atoms with Gasteiger partial charge in [-0.15, -0.1) is 11.6 Å². The van der Waals surface area contributed by atoms with Crippen LogP contribution in [-0.4, -0.2) is 18.5 Å². The molecule has 0 N–H and O–H groups in total. The maximum atomic E-state index is 10.2. The van der Waals surface area contributed by atoms with Gasteiger partial charge in [-0.25, -0.2) is 8.42 Å². The Morgan fingerprint density at radius 3 is 2.00 bits per heavy atom. The van der Waals surface area contributed by atoms with Crippen molar-refractivity contribution >= 4 is 47.3 Å². The van der Waals surface area contributed by atoms with Gasteiger partial charge in [0.1, 0.15) is 4.16 Å². The Morgan fingerprint density at radius 1 is 1.62 bits per heavy atom. The van der Waals surface area contributed by atoms with Crippen LogP contribution in [0.4, 0.5) is 0 Å². The van der Waals surface area contributed by atoms with Crippen LogP contribution in [0, 0.1) is 0 Å². The predicted octanol–water partition coefficient (Wildman–Crippen LogP) is 1.51. The average molecular weight is 242 g/mol. The van der Waals surface area contributed by atoms with Crippen LogP contribution >= 0.6 is 38.2 Å². The lowest BCUT2D eigenvalue weighted by atomic mass is 11.0. The Hall–Kier alpha value is 1.01. The molecule has 0 aromatic carbocycles. The van der Waals surface area contributed by atoms with E-state index < -0.39 is 13.2 Å². The Labute approximate surface area is 65.7 Å². The summed E-state index contributed by atoms with van der Waals surface area (Å²) in [5.74, 6) is -0.0359. The molecule has 0 heterocycles. The topological polar surface area (TPSA) is 34.1 Å². The molecule has 0 radical (unpaired) electrons. The minimum absolute atomic E-state index is 0.0359. The summed E-state index contributed by atoms with van der Waals surface area (Å²) in [5.41, 5.74) is 0. The van der Waals surface area contributed by atoms with Crippen LogP contribution in [0.2, 0.25) is 0 Å². The molecule has 50 valence electrons. The molecule has 0 amide bonds. The van der Waals surface area contributed by atoms with Gasteiger partial charge < -0.3 is 0 Å². The Kier molecular flexibility index (Phi) is 3.66. The lowest BCUT2D eigenvalue weighted by Crippen LogP contribution is -2.08. The van der Waals surface area contributed by atoms with Gasteiger partial charge in [-0.2, -0.15) is 0 Å². The lowest BCUT2D eigenvalue weighted by molar-refractivity contribution is 0.609. The third-order valence-electron chi connectivity index (χ3n) is 0.427. The van der Waals surface area contributed by atoms with Crippen molar-refractivity contribution in [2.75, 3.05) is 5.88 Å². The Bertz CT molecular complexity index is 153. The van der Waals surface area contributed by atoms with Crippen LogP contribution in [-0.2, 0) is 9.05 Å². The standard InChI is InChI=1S/C2H3BrCl2O2S/c3-2(1-4)8(5,6)7/h2H,1H2. The van der Waals surface area contributed by atoms with Crippen molar-refractivity contribution in [3.05, 3.63) is 0 Å². The summed E-state index contributed by atoms with van der Waals surface area (Å²) in [6, 6.07) is 0. The van der Waals surface area contributed by atoms with E-state index >= 15 is 0 Å². The van der Waals surface area contributed by atoms with Gasteiger partial charge in [-0.3, -0.25) is 0 Å². The molecule has 0 aromatic rings. The largest absolute Gasteiger partial charge is 0.246 e. The average Bonchev–Trinajstić information content (AvgIpc) is 1.62. The fourth-order valence-corrected chi connectivity index (χ4v) is 1.11. The van der Waals surface area contributed by atoms with Crippen LogP contribution < -0.4 is 0 Å². The maximum absolute atomic E-state index is 10.2. The molecule has 2 nitrogen and oxygen atoms in total. The van der Waals surface area contributed by atoms with E-state index in [4.69, 9.17) is 22.3 Å². The first kappa shape index (κ1) is 9.01. The van der Waals surface area contributed by atoms with Gasteiger partial charge >= 0.3 is 0 Å². The van der Waals surface area contributed by atoms with Crippen LogP contribution in [0.15, 0.2) is 0 Å². The highest BCUT2D eigenvalue weighted by atomic mass is 79.9. The van der Waals surface area contributed by atoms with Crippen LogP contribution in [0.1, 0.15) is 0 Å². The minimum Gasteiger partial charge on any atom is -0.211 e. The molecule has 0 spiro atoms. The zero-order valence-electron chi connectivity index (χ0n) is 3.64. The summed E-state index contributed by atoms with van der Waals surface area (Å²) >= 11 is 7.87. The van der Waals surface area contributed by atoms with Crippen molar-refractivity contribution < 1.29 is 8.42 Å². The van der Waals surface area contributed by atoms with E-state index in [0.29, 0.717) is 0 Å². The molecule has 0 rings (SSSR count). The van der Waals surface area contributed by atoms with E-state index in [0.717, 1.165) is 0 Å². The van der Waals surface area contributed by atoms with E-state index in [9.17, 15) is 8.42 Å². The molecule has 0 bridgehead atoms. The molecule has 1 atom stereocenters. The first-order valence-electron chi connectivity index (χ1n) is 1.62. The molecular weight excluding hydrogens is 239 g/mol. The molecule has 0 aliphatic carbocycles. The highest BCUT2D eigenvalue weighted by Gasteiger charge is 2.17. The van der Waals surface area contributed by atoms with Gasteiger partial charge in [0.05, 0.1) is 5.88 Å². The second-order valence-corrected chi connectivity index (χ2v) is 5.87. The lowest BCUT2D eigenvalue weighted by Gasteiger charge is -1.96. The second-order valence-electron chi connectivity index (χ2n) is 1.04. The Morgan fingerprint density at radius 2 is 2.00 bits per heavy atom. The molecular formula is C2H3BrCl2O2S. The van der Waals surface area contributed by atoms with Crippen LogP contribution in [0.25, 0.3) is 0 Å². The summed E-state index contributed by atoms with van der Waals surface area (Å²) in [6.07, 6.45) is 0. The number of alkyl halides is 2. The summed E-state index contributed by atoms with van der Waals surface area (Å²) in [6.45, 7) is 0. The monoisotopic (exact) mass is 240 g/mol. The molecule has 0 saturated carbocycles. The van der Waals surface area contributed by atoms with Crippen molar-refractivity contribution in [1.82, 2.24) is 0 Å². The van der Waals surface area contributed by atoms with Gasteiger partial charge in [-0.05, 0) is 0 Å². The third-order valence-corrected chi connectivity index (χ3v) is 5.16. The van der Waals surface area contributed by atoms with E-state index in [1.807, 2.05) is 0 Å². The summed E-state index contributed by atoms with van der Waals surface area (Å²) in [4.78, 5) is 0. The minimum atomic E-state index is -3.50. The quantitative estimate of drug-likeness (QED) is 0.543. The first-order valence-corrected chi connectivity index (χ1v) is 5.44. The molecule has 1 unspecified atom stereocenters. The number of hydrogen-bond acceptors (Lipinski definition) is 2. The molecule has 0 saturated heterocycles. The SMILES string of the molecule is O=S(=O)(Cl)C(Br)CCl. The maximum Gasteiger partial charge on any atom is 0.246 e. The summed E-state index contributed by atoms with van der Waals surface area (Å²) in [7, 11) is 1.33. The zero-order valence-corrected chi connectivity index (χ0v) is 7.56. The summed E-state index contributed by atoms with van der Waals surface area (Å²) in [5, 5.41) is 0. The van der Waals surface area contributed by atoms with Gasteiger partial charge in [0.2, 0.25) is 9.05 Å². The zero-order chi connectivity index (χ0) is 6.78. The van der Waals surface area contributed by atoms with Gasteiger partial charge in [0.25, 0.3) is 0 Å². The van der Waals surface area contributed by atoms with Crippen LogP contribution in [0.3, 0.4) is 0 Å². The Balaban J connectivity index is 4.04. The molecule has 8 heavy (non-hydrogen) atoms. The van der Waals surface area contributed by atoms with Crippen molar-refractivity contribution in [2.24, 2.45) is 0 Å². The van der Waals surface area contributed by atoms with E-state index in [2.05, 4.69) is 15.9 Å². The normalized spacial score (nSPS) is 15.9. The molecule has 0 fully saturated rings. The molecule has 0 aliphatic heterocycles. The number of hydrogen-bond donors (Lipinski definition) is 0. The van der Waals surface area contributed by atoms with Gasteiger partial charge in [-0.1, -0.05) is 15.9 Å². The third kappa shape index (κ3) is 3.12. The molecule has 0 aliphatic rings. The highest BCUT2D eigenvalue weighted by molar-refractivity contribution is 9.11. The fraction of sp³-hybridized carbons (Fsp3) is 1.00. The number of rotatable bonds is 2. The highest BCUT2D eigenvalue weighted by Crippen LogP contribution is 2.14. The van der Waals surface area contributed by atoms with Crippen molar-refractivity contribution in [1.29, 1.82) is 0 Å². The smallest absolute Gasteiger partial charge is 0.211 e. The van der Waals surface area contributed by atoms with Crippen molar-refractivity contribution in [3.8, 4) is 0 Å². The second kappa shape index (κ2) is 3.25. The van der Waals surface area contributed by atoms with Gasteiger partial charge in [0.15, 0.2) is 0 Å². The van der Waals surface area contributed by atoms with E-state index in [1.165, 1.54) is 0 Å². The van der Waals surface area contributed by atoms with Crippen molar-refractivity contribution in [2.45, 2.75) is 4.16 Å².